The molecule has 3 rings (SSSR count). The van der Waals surface area contributed by atoms with Gasteiger partial charge >= 0.3 is 0 Å². The van der Waals surface area contributed by atoms with Crippen LogP contribution in [0.5, 0.6) is 0 Å². The largest absolute Gasteiger partial charge is 0.393 e. The molecule has 2 heterocycles. The normalized spacial score (nSPS) is 29.9. The molecule has 2 atom stereocenters. The summed E-state index contributed by atoms with van der Waals surface area (Å²) in [7, 11) is 1.95. The van der Waals surface area contributed by atoms with Crippen LogP contribution in [0.4, 0.5) is 0 Å². The standard InChI is InChI=1S/C17H25N3O/c1-13-14(9-15(10-18)19(13)2)11-20-8-4-7-17(12-20)6-3-5-16(17)21/h9,16,21H,3-8,11-12H2,1-2H3/t16-,17-/m1/s1. The van der Waals surface area contributed by atoms with Crippen molar-refractivity contribution in [2.45, 2.75) is 51.7 Å². The Balaban J connectivity index is 1.75. The zero-order valence-corrected chi connectivity index (χ0v) is 13.1. The zero-order chi connectivity index (χ0) is 15.0. The van der Waals surface area contributed by atoms with Gasteiger partial charge in [-0.3, -0.25) is 4.90 Å². The number of aliphatic hydroxyl groups is 1. The highest BCUT2D eigenvalue weighted by molar-refractivity contribution is 5.34. The summed E-state index contributed by atoms with van der Waals surface area (Å²) >= 11 is 0. The minimum Gasteiger partial charge on any atom is -0.393 e. The molecule has 1 aliphatic carbocycles. The van der Waals surface area contributed by atoms with Crippen molar-refractivity contribution in [3.05, 3.63) is 23.0 Å². The van der Waals surface area contributed by atoms with Gasteiger partial charge in [0.1, 0.15) is 11.8 Å². The van der Waals surface area contributed by atoms with Crippen molar-refractivity contribution >= 4 is 0 Å². The van der Waals surface area contributed by atoms with E-state index in [2.05, 4.69) is 17.9 Å². The van der Waals surface area contributed by atoms with Crippen molar-refractivity contribution in [3.63, 3.8) is 0 Å². The molecule has 4 heteroatoms. The molecular formula is C17H25N3O. The molecule has 0 unspecified atom stereocenters. The number of rotatable bonds is 2. The molecular weight excluding hydrogens is 262 g/mol. The number of aliphatic hydroxyl groups excluding tert-OH is 1. The van der Waals surface area contributed by atoms with E-state index < -0.39 is 0 Å². The summed E-state index contributed by atoms with van der Waals surface area (Å²) in [5, 5.41) is 19.5. The molecule has 4 nitrogen and oxygen atoms in total. The second-order valence-electron chi connectivity index (χ2n) is 6.90. The number of hydrogen-bond acceptors (Lipinski definition) is 3. The highest BCUT2D eigenvalue weighted by Gasteiger charge is 2.44. The first-order chi connectivity index (χ1) is 10.1. The lowest BCUT2D eigenvalue weighted by Crippen LogP contribution is -2.46. The van der Waals surface area contributed by atoms with E-state index in [4.69, 9.17) is 5.26 Å². The van der Waals surface area contributed by atoms with Gasteiger partial charge in [-0.1, -0.05) is 6.42 Å². The topological polar surface area (TPSA) is 52.2 Å². The Bertz CT molecular complexity index is 571. The Labute approximate surface area is 127 Å². The van der Waals surface area contributed by atoms with Crippen molar-refractivity contribution in [1.82, 2.24) is 9.47 Å². The molecule has 1 spiro atoms. The van der Waals surface area contributed by atoms with Crippen LogP contribution in [0.25, 0.3) is 0 Å². The minimum absolute atomic E-state index is 0.119. The van der Waals surface area contributed by atoms with Crippen molar-refractivity contribution < 1.29 is 5.11 Å². The van der Waals surface area contributed by atoms with Gasteiger partial charge in [-0.25, -0.2) is 0 Å². The van der Waals surface area contributed by atoms with E-state index in [-0.39, 0.29) is 11.5 Å². The van der Waals surface area contributed by atoms with Crippen molar-refractivity contribution in [1.29, 1.82) is 5.26 Å². The quantitative estimate of drug-likeness (QED) is 0.908. The lowest BCUT2D eigenvalue weighted by atomic mass is 9.76. The molecule has 1 aliphatic heterocycles. The second kappa shape index (κ2) is 5.47. The number of hydrogen-bond donors (Lipinski definition) is 1. The second-order valence-corrected chi connectivity index (χ2v) is 6.90. The number of nitrogens with zero attached hydrogens (tertiary/aromatic N) is 3. The molecule has 1 aromatic rings. The Morgan fingerprint density at radius 3 is 2.81 bits per heavy atom. The van der Waals surface area contributed by atoms with E-state index in [0.29, 0.717) is 0 Å². The van der Waals surface area contributed by atoms with Gasteiger partial charge in [0.15, 0.2) is 0 Å². The predicted molar refractivity (Wildman–Crippen MR) is 81.7 cm³/mol. The van der Waals surface area contributed by atoms with Gasteiger partial charge in [0.25, 0.3) is 0 Å². The first kappa shape index (κ1) is 14.6. The van der Waals surface area contributed by atoms with Crippen LogP contribution in [0.15, 0.2) is 6.07 Å². The van der Waals surface area contributed by atoms with Crippen LogP contribution in [0.1, 0.15) is 49.1 Å². The van der Waals surface area contributed by atoms with Gasteiger partial charge in [0, 0.05) is 31.2 Å². The lowest BCUT2D eigenvalue weighted by Gasteiger charge is -2.42. The van der Waals surface area contributed by atoms with Crippen molar-refractivity contribution in [2.75, 3.05) is 13.1 Å². The summed E-state index contributed by atoms with van der Waals surface area (Å²) in [5.41, 5.74) is 3.30. The number of piperidine rings is 1. The summed E-state index contributed by atoms with van der Waals surface area (Å²) < 4.78 is 1.97. The van der Waals surface area contributed by atoms with Crippen LogP contribution in [-0.2, 0) is 13.6 Å². The van der Waals surface area contributed by atoms with E-state index in [0.717, 1.165) is 38.2 Å². The van der Waals surface area contributed by atoms with E-state index in [1.165, 1.54) is 30.5 Å². The molecule has 21 heavy (non-hydrogen) atoms. The predicted octanol–water partition coefficient (Wildman–Crippen LogP) is 2.33. The average Bonchev–Trinajstić information content (AvgIpc) is 2.95. The molecule has 0 bridgehead atoms. The maximum Gasteiger partial charge on any atom is 0.120 e. The highest BCUT2D eigenvalue weighted by atomic mass is 16.3. The fourth-order valence-electron chi connectivity index (χ4n) is 4.26. The van der Waals surface area contributed by atoms with Gasteiger partial charge in [0.2, 0.25) is 0 Å². The fraction of sp³-hybridized carbons (Fsp3) is 0.706. The molecule has 114 valence electrons. The third-order valence-corrected chi connectivity index (χ3v) is 5.70. The summed E-state index contributed by atoms with van der Waals surface area (Å²) in [6, 6.07) is 4.27. The molecule has 0 radical (unpaired) electrons. The minimum atomic E-state index is -0.119. The Hall–Kier alpha value is -1.31. The Morgan fingerprint density at radius 2 is 2.19 bits per heavy atom. The van der Waals surface area contributed by atoms with Crippen LogP contribution in [0, 0.1) is 23.7 Å². The van der Waals surface area contributed by atoms with E-state index in [1.807, 2.05) is 17.7 Å². The molecule has 0 amide bonds. The lowest BCUT2D eigenvalue weighted by molar-refractivity contribution is -0.0120. The summed E-state index contributed by atoms with van der Waals surface area (Å²) in [5.74, 6) is 0. The molecule has 0 aromatic carbocycles. The van der Waals surface area contributed by atoms with Crippen molar-refractivity contribution in [3.8, 4) is 6.07 Å². The Morgan fingerprint density at radius 1 is 1.43 bits per heavy atom. The van der Waals surface area contributed by atoms with Gasteiger partial charge in [0.05, 0.1) is 6.10 Å². The van der Waals surface area contributed by atoms with Crippen LogP contribution in [0.3, 0.4) is 0 Å². The van der Waals surface area contributed by atoms with Gasteiger partial charge in [-0.15, -0.1) is 0 Å². The first-order valence-electron chi connectivity index (χ1n) is 8.01. The average molecular weight is 287 g/mol. The Kier molecular flexibility index (Phi) is 3.81. The number of likely N-dealkylation sites (tertiary alicyclic amines) is 1. The van der Waals surface area contributed by atoms with Crippen LogP contribution in [0.2, 0.25) is 0 Å². The van der Waals surface area contributed by atoms with E-state index >= 15 is 0 Å². The molecule has 1 saturated carbocycles. The summed E-state index contributed by atoms with van der Waals surface area (Å²) in [4.78, 5) is 2.47. The monoisotopic (exact) mass is 287 g/mol. The number of aromatic nitrogens is 1. The maximum atomic E-state index is 10.4. The number of nitriles is 1. The SMILES string of the molecule is Cc1c(CN2CCC[C@]3(CCC[C@H]3O)C2)cc(C#N)n1C. The van der Waals surface area contributed by atoms with E-state index in [1.54, 1.807) is 0 Å². The molecule has 2 fully saturated rings. The molecule has 1 N–H and O–H groups in total. The third kappa shape index (κ3) is 2.49. The molecule has 2 aliphatic rings. The first-order valence-corrected chi connectivity index (χ1v) is 8.01. The molecule has 1 saturated heterocycles. The van der Waals surface area contributed by atoms with Gasteiger partial charge in [-0.05, 0) is 50.8 Å². The summed E-state index contributed by atoms with van der Waals surface area (Å²) in [6.07, 6.45) is 5.53. The van der Waals surface area contributed by atoms with Crippen molar-refractivity contribution in [2.24, 2.45) is 12.5 Å². The smallest absolute Gasteiger partial charge is 0.120 e. The summed E-state index contributed by atoms with van der Waals surface area (Å²) in [6.45, 7) is 5.09. The van der Waals surface area contributed by atoms with Crippen LogP contribution in [-0.4, -0.2) is 33.8 Å². The van der Waals surface area contributed by atoms with Crippen LogP contribution < -0.4 is 0 Å². The zero-order valence-electron chi connectivity index (χ0n) is 13.1. The fourth-order valence-corrected chi connectivity index (χ4v) is 4.26. The van der Waals surface area contributed by atoms with Gasteiger partial charge in [-0.2, -0.15) is 5.26 Å². The highest BCUT2D eigenvalue weighted by Crippen LogP contribution is 2.45. The molecule has 1 aromatic heterocycles. The van der Waals surface area contributed by atoms with E-state index in [9.17, 15) is 5.11 Å². The third-order valence-electron chi connectivity index (χ3n) is 5.70. The van der Waals surface area contributed by atoms with Gasteiger partial charge < -0.3 is 9.67 Å². The van der Waals surface area contributed by atoms with Crippen LogP contribution >= 0.6 is 0 Å². The maximum absolute atomic E-state index is 10.4.